The normalized spacial score (nSPS) is 10.8. The van der Waals surface area contributed by atoms with Crippen LogP contribution in [0.25, 0.3) is 6.08 Å². The van der Waals surface area contributed by atoms with Crippen molar-refractivity contribution in [2.24, 2.45) is 0 Å². The van der Waals surface area contributed by atoms with Crippen LogP contribution in [0.2, 0.25) is 0 Å². The SMILES string of the molecule is Cc1[nH]c(=O)[nH]c(=O)c1C=CC(=O)NCc1cccc(B(O)O)c1. The number of H-pyrrole nitrogens is 2. The molecule has 1 amide bonds. The monoisotopic (exact) mass is 329 g/mol. The standard InChI is InChI=1S/C15H16BN3O5/c1-9-12(14(21)19-15(22)18-9)5-6-13(20)17-8-10-3-2-4-11(7-10)16(23)24/h2-7,23-24H,8H2,1H3,(H,17,20)(H2,18,19,21,22). The summed E-state index contributed by atoms with van der Waals surface area (Å²) < 4.78 is 0. The van der Waals surface area contributed by atoms with E-state index in [-0.39, 0.29) is 12.1 Å². The van der Waals surface area contributed by atoms with Gasteiger partial charge in [-0.25, -0.2) is 4.79 Å². The smallest absolute Gasteiger partial charge is 0.423 e. The molecule has 0 saturated heterocycles. The van der Waals surface area contributed by atoms with Crippen LogP contribution in [0.1, 0.15) is 16.8 Å². The molecule has 0 atom stereocenters. The molecular formula is C15H16BN3O5. The lowest BCUT2D eigenvalue weighted by atomic mass is 9.80. The predicted octanol–water partition coefficient (Wildman–Crippen LogP) is -1.62. The van der Waals surface area contributed by atoms with Crippen LogP contribution in [-0.2, 0) is 11.3 Å². The summed E-state index contributed by atoms with van der Waals surface area (Å²) in [6, 6.07) is 6.49. The van der Waals surface area contributed by atoms with E-state index in [4.69, 9.17) is 10.0 Å². The predicted molar refractivity (Wildman–Crippen MR) is 89.6 cm³/mol. The third-order valence-electron chi connectivity index (χ3n) is 3.29. The van der Waals surface area contributed by atoms with Gasteiger partial charge >= 0.3 is 12.8 Å². The highest BCUT2D eigenvalue weighted by Crippen LogP contribution is 1.99. The molecule has 1 heterocycles. The largest absolute Gasteiger partial charge is 0.488 e. The maximum atomic E-state index is 11.8. The fourth-order valence-electron chi connectivity index (χ4n) is 2.08. The van der Waals surface area contributed by atoms with E-state index in [1.807, 2.05) is 0 Å². The summed E-state index contributed by atoms with van der Waals surface area (Å²) in [5.41, 5.74) is 0.385. The molecule has 0 aliphatic rings. The Morgan fingerprint density at radius 2 is 2.04 bits per heavy atom. The van der Waals surface area contributed by atoms with Crippen molar-refractivity contribution in [2.75, 3.05) is 0 Å². The second kappa shape index (κ2) is 7.58. The molecule has 2 rings (SSSR count). The number of amides is 1. The highest BCUT2D eigenvalue weighted by Gasteiger charge is 2.10. The van der Waals surface area contributed by atoms with Crippen molar-refractivity contribution in [1.29, 1.82) is 0 Å². The first-order valence-corrected chi connectivity index (χ1v) is 7.11. The first-order valence-electron chi connectivity index (χ1n) is 7.11. The van der Waals surface area contributed by atoms with Gasteiger partial charge in [-0.3, -0.25) is 14.6 Å². The molecular weight excluding hydrogens is 313 g/mol. The van der Waals surface area contributed by atoms with Crippen molar-refractivity contribution in [3.8, 4) is 0 Å². The highest BCUT2D eigenvalue weighted by molar-refractivity contribution is 6.58. The van der Waals surface area contributed by atoms with Crippen LogP contribution in [0.15, 0.2) is 39.9 Å². The molecule has 1 aromatic heterocycles. The van der Waals surface area contributed by atoms with Gasteiger partial charge in [0, 0.05) is 18.3 Å². The lowest BCUT2D eigenvalue weighted by Gasteiger charge is -2.05. The Bertz CT molecular complexity index is 885. The van der Waals surface area contributed by atoms with Gasteiger partial charge in [-0.15, -0.1) is 0 Å². The minimum Gasteiger partial charge on any atom is -0.423 e. The number of carbonyl (C=O) groups excluding carboxylic acids is 1. The lowest BCUT2D eigenvalue weighted by Crippen LogP contribution is -2.30. The number of rotatable bonds is 5. The molecule has 0 aliphatic heterocycles. The molecule has 0 radical (unpaired) electrons. The molecule has 8 nitrogen and oxygen atoms in total. The second-order valence-electron chi connectivity index (χ2n) is 5.12. The Morgan fingerprint density at radius 3 is 2.71 bits per heavy atom. The molecule has 0 aliphatic carbocycles. The number of aromatic nitrogens is 2. The Labute approximate surface area is 137 Å². The van der Waals surface area contributed by atoms with Gasteiger partial charge in [0.25, 0.3) is 5.56 Å². The average Bonchev–Trinajstić information content (AvgIpc) is 2.52. The molecule has 2 aromatic rings. The van der Waals surface area contributed by atoms with Crippen LogP contribution < -0.4 is 22.0 Å². The van der Waals surface area contributed by atoms with E-state index in [1.54, 1.807) is 31.2 Å². The van der Waals surface area contributed by atoms with Crippen molar-refractivity contribution >= 4 is 24.6 Å². The zero-order chi connectivity index (χ0) is 17.7. The van der Waals surface area contributed by atoms with Crippen LogP contribution in [0.3, 0.4) is 0 Å². The van der Waals surface area contributed by atoms with E-state index in [0.29, 0.717) is 16.7 Å². The zero-order valence-corrected chi connectivity index (χ0v) is 12.9. The minimum absolute atomic E-state index is 0.185. The van der Waals surface area contributed by atoms with Crippen LogP contribution >= 0.6 is 0 Å². The third kappa shape index (κ3) is 4.54. The molecule has 124 valence electrons. The summed E-state index contributed by atoms with van der Waals surface area (Å²) in [5, 5.41) is 20.8. The number of aryl methyl sites for hydroxylation is 1. The van der Waals surface area contributed by atoms with Crippen molar-refractivity contribution in [3.05, 3.63) is 68.0 Å². The van der Waals surface area contributed by atoms with Crippen LogP contribution in [0, 0.1) is 6.92 Å². The molecule has 24 heavy (non-hydrogen) atoms. The maximum absolute atomic E-state index is 11.8. The van der Waals surface area contributed by atoms with E-state index in [1.165, 1.54) is 12.2 Å². The van der Waals surface area contributed by atoms with Gasteiger partial charge in [0.05, 0.1) is 5.56 Å². The van der Waals surface area contributed by atoms with Crippen LogP contribution in [0.4, 0.5) is 0 Å². The molecule has 1 aromatic carbocycles. The second-order valence-corrected chi connectivity index (χ2v) is 5.12. The lowest BCUT2D eigenvalue weighted by molar-refractivity contribution is -0.116. The summed E-state index contributed by atoms with van der Waals surface area (Å²) in [6.07, 6.45) is 2.49. The summed E-state index contributed by atoms with van der Waals surface area (Å²) in [4.78, 5) is 39.1. The highest BCUT2D eigenvalue weighted by atomic mass is 16.4. The Hall–Kier alpha value is -2.91. The van der Waals surface area contributed by atoms with Crippen LogP contribution in [-0.4, -0.2) is 33.0 Å². The average molecular weight is 329 g/mol. The summed E-state index contributed by atoms with van der Waals surface area (Å²) in [6.45, 7) is 1.74. The third-order valence-corrected chi connectivity index (χ3v) is 3.29. The summed E-state index contributed by atoms with van der Waals surface area (Å²) >= 11 is 0. The molecule has 0 bridgehead atoms. The van der Waals surface area contributed by atoms with Crippen LogP contribution in [0.5, 0.6) is 0 Å². The number of hydrogen-bond acceptors (Lipinski definition) is 5. The molecule has 0 unspecified atom stereocenters. The van der Waals surface area contributed by atoms with Gasteiger partial charge in [-0.2, -0.15) is 0 Å². The van der Waals surface area contributed by atoms with Crippen molar-refractivity contribution < 1.29 is 14.8 Å². The molecule has 0 saturated carbocycles. The Morgan fingerprint density at radius 1 is 1.29 bits per heavy atom. The van der Waals surface area contributed by atoms with Gasteiger partial charge in [0.2, 0.25) is 5.91 Å². The van der Waals surface area contributed by atoms with Gasteiger partial charge in [0.15, 0.2) is 0 Å². The fraction of sp³-hybridized carbons (Fsp3) is 0.133. The molecule has 9 heteroatoms. The Kier molecular flexibility index (Phi) is 5.51. The van der Waals surface area contributed by atoms with Gasteiger partial charge in [-0.1, -0.05) is 24.3 Å². The quantitative estimate of drug-likeness (QED) is 0.332. The van der Waals surface area contributed by atoms with Crippen molar-refractivity contribution in [2.45, 2.75) is 13.5 Å². The Balaban J connectivity index is 2.03. The van der Waals surface area contributed by atoms with E-state index >= 15 is 0 Å². The van der Waals surface area contributed by atoms with E-state index < -0.39 is 24.3 Å². The number of benzene rings is 1. The number of nitrogens with one attached hydrogen (secondary N) is 3. The number of aromatic amines is 2. The molecule has 5 N–H and O–H groups in total. The van der Waals surface area contributed by atoms with Gasteiger partial charge < -0.3 is 20.3 Å². The topological polar surface area (TPSA) is 135 Å². The fourth-order valence-corrected chi connectivity index (χ4v) is 2.08. The maximum Gasteiger partial charge on any atom is 0.488 e. The first kappa shape index (κ1) is 17.4. The zero-order valence-electron chi connectivity index (χ0n) is 12.9. The van der Waals surface area contributed by atoms with Gasteiger partial charge in [-0.05, 0) is 24.0 Å². The van der Waals surface area contributed by atoms with E-state index in [0.717, 1.165) is 0 Å². The summed E-state index contributed by atoms with van der Waals surface area (Å²) in [7, 11) is -1.57. The number of carbonyl (C=O) groups is 1. The van der Waals surface area contributed by atoms with E-state index in [2.05, 4.69) is 15.3 Å². The van der Waals surface area contributed by atoms with Crippen molar-refractivity contribution in [1.82, 2.24) is 15.3 Å². The molecule has 0 fully saturated rings. The minimum atomic E-state index is -1.57. The number of hydrogen-bond donors (Lipinski definition) is 5. The summed E-state index contributed by atoms with van der Waals surface area (Å²) in [5.74, 6) is -0.435. The first-order chi connectivity index (χ1) is 11.4. The molecule has 0 spiro atoms. The van der Waals surface area contributed by atoms with Crippen molar-refractivity contribution in [3.63, 3.8) is 0 Å². The van der Waals surface area contributed by atoms with E-state index in [9.17, 15) is 14.4 Å². The van der Waals surface area contributed by atoms with Gasteiger partial charge in [0.1, 0.15) is 0 Å².